The molecule has 0 spiro atoms. The fraction of sp³-hybridized carbons (Fsp3) is 0.214. The molecule has 19 heavy (non-hydrogen) atoms. The molecule has 0 saturated heterocycles. The van der Waals surface area contributed by atoms with Crippen LogP contribution in [0.2, 0.25) is 0 Å². The van der Waals surface area contributed by atoms with Gasteiger partial charge in [0.2, 0.25) is 0 Å². The number of hydrogen-bond acceptors (Lipinski definition) is 5. The van der Waals surface area contributed by atoms with Gasteiger partial charge in [0.25, 0.3) is 0 Å². The molecule has 2 rings (SSSR count). The van der Waals surface area contributed by atoms with Gasteiger partial charge < -0.3 is 4.74 Å². The lowest BCUT2D eigenvalue weighted by Gasteiger charge is -2.05. The van der Waals surface area contributed by atoms with Crippen molar-refractivity contribution in [1.29, 1.82) is 5.26 Å². The molecular weight excluding hydrogens is 260 g/mol. The van der Waals surface area contributed by atoms with Crippen molar-refractivity contribution in [2.75, 3.05) is 12.9 Å². The summed E-state index contributed by atoms with van der Waals surface area (Å²) in [7, 11) is 1.36. The molecule has 0 N–H and O–H groups in total. The Morgan fingerprint density at radius 2 is 2.26 bits per heavy atom. The van der Waals surface area contributed by atoms with Gasteiger partial charge in [-0.2, -0.15) is 5.26 Å². The second-order valence-electron chi connectivity index (χ2n) is 3.82. The number of carbonyl (C=O) groups is 1. The van der Waals surface area contributed by atoms with Crippen molar-refractivity contribution in [3.05, 3.63) is 35.9 Å². The van der Waals surface area contributed by atoms with Crippen molar-refractivity contribution in [3.8, 4) is 6.07 Å². The van der Waals surface area contributed by atoms with Gasteiger partial charge in [-0.3, -0.25) is 4.79 Å². The lowest BCUT2D eigenvalue weighted by Crippen LogP contribution is -2.01. The Bertz CT molecular complexity index is 649. The van der Waals surface area contributed by atoms with E-state index in [-0.39, 0.29) is 5.97 Å². The lowest BCUT2D eigenvalue weighted by molar-refractivity contribution is -0.140. The SMILES string of the molecule is COC(=O)CCSc1nc2ccccc2cc1C#N. The smallest absolute Gasteiger partial charge is 0.306 e. The minimum Gasteiger partial charge on any atom is -0.469 e. The summed E-state index contributed by atoms with van der Waals surface area (Å²) in [6.07, 6.45) is 0.306. The highest BCUT2D eigenvalue weighted by Crippen LogP contribution is 2.24. The lowest BCUT2D eigenvalue weighted by atomic mass is 10.2. The van der Waals surface area contributed by atoms with Crippen molar-refractivity contribution < 1.29 is 9.53 Å². The van der Waals surface area contributed by atoms with Gasteiger partial charge in [0.05, 0.1) is 24.6 Å². The average molecular weight is 272 g/mol. The Kier molecular flexibility index (Phi) is 4.37. The number of nitrogens with zero attached hydrogens (tertiary/aromatic N) is 2. The van der Waals surface area contributed by atoms with E-state index >= 15 is 0 Å². The van der Waals surface area contributed by atoms with Crippen LogP contribution in [-0.4, -0.2) is 23.8 Å². The third-order valence-corrected chi connectivity index (χ3v) is 3.57. The molecule has 0 aliphatic heterocycles. The van der Waals surface area contributed by atoms with E-state index in [0.29, 0.717) is 22.8 Å². The molecule has 1 aromatic carbocycles. The maximum Gasteiger partial charge on any atom is 0.306 e. The predicted molar refractivity (Wildman–Crippen MR) is 73.8 cm³/mol. The highest BCUT2D eigenvalue weighted by Gasteiger charge is 2.08. The average Bonchev–Trinajstić information content (AvgIpc) is 2.46. The Hall–Kier alpha value is -2.06. The van der Waals surface area contributed by atoms with Gasteiger partial charge in [0.1, 0.15) is 11.1 Å². The number of nitriles is 1. The Morgan fingerprint density at radius 1 is 1.47 bits per heavy atom. The van der Waals surface area contributed by atoms with Gasteiger partial charge in [0, 0.05) is 11.1 Å². The number of para-hydroxylation sites is 1. The maximum atomic E-state index is 11.0. The van der Waals surface area contributed by atoms with Crippen molar-refractivity contribution in [2.45, 2.75) is 11.4 Å². The third-order valence-electron chi connectivity index (χ3n) is 2.58. The van der Waals surface area contributed by atoms with E-state index in [0.717, 1.165) is 10.9 Å². The van der Waals surface area contributed by atoms with Crippen LogP contribution in [0.1, 0.15) is 12.0 Å². The minimum atomic E-state index is -0.258. The number of fused-ring (bicyclic) bond motifs is 1. The Labute approximate surface area is 115 Å². The number of rotatable bonds is 4. The molecule has 0 aliphatic rings. The van der Waals surface area contributed by atoms with E-state index in [9.17, 15) is 4.79 Å². The van der Waals surface area contributed by atoms with Gasteiger partial charge >= 0.3 is 5.97 Å². The first kappa shape index (κ1) is 13.4. The second-order valence-corrected chi connectivity index (χ2v) is 4.90. The molecule has 0 aliphatic carbocycles. The van der Waals surface area contributed by atoms with Crippen molar-refractivity contribution in [2.24, 2.45) is 0 Å². The molecule has 0 saturated carbocycles. The third kappa shape index (κ3) is 3.24. The van der Waals surface area contributed by atoms with Gasteiger partial charge in [-0.25, -0.2) is 4.98 Å². The largest absolute Gasteiger partial charge is 0.469 e. The topological polar surface area (TPSA) is 63.0 Å². The van der Waals surface area contributed by atoms with Crippen LogP contribution in [0.3, 0.4) is 0 Å². The molecule has 2 aromatic rings. The zero-order valence-electron chi connectivity index (χ0n) is 10.4. The predicted octanol–water partition coefficient (Wildman–Crippen LogP) is 2.76. The summed E-state index contributed by atoms with van der Waals surface area (Å²) < 4.78 is 4.58. The normalized spacial score (nSPS) is 10.1. The molecule has 0 bridgehead atoms. The molecule has 1 aromatic heterocycles. The number of methoxy groups -OCH3 is 1. The Morgan fingerprint density at radius 3 is 3.00 bits per heavy atom. The van der Waals surface area contributed by atoms with Crippen LogP contribution < -0.4 is 0 Å². The molecular formula is C14H12N2O2S. The van der Waals surface area contributed by atoms with E-state index < -0.39 is 0 Å². The number of aromatic nitrogens is 1. The molecule has 5 heteroatoms. The van der Waals surface area contributed by atoms with Crippen LogP contribution in [0, 0.1) is 11.3 Å². The number of benzene rings is 1. The first-order chi connectivity index (χ1) is 9.24. The highest BCUT2D eigenvalue weighted by molar-refractivity contribution is 7.99. The van der Waals surface area contributed by atoms with Gasteiger partial charge in [-0.1, -0.05) is 18.2 Å². The number of ether oxygens (including phenoxy) is 1. The fourth-order valence-corrected chi connectivity index (χ4v) is 2.51. The second kappa shape index (κ2) is 6.21. The molecule has 96 valence electrons. The van der Waals surface area contributed by atoms with E-state index in [2.05, 4.69) is 15.8 Å². The first-order valence-corrected chi connectivity index (χ1v) is 6.72. The van der Waals surface area contributed by atoms with E-state index in [1.54, 1.807) is 0 Å². The molecule has 0 atom stereocenters. The van der Waals surface area contributed by atoms with Crippen molar-refractivity contribution in [1.82, 2.24) is 4.98 Å². The summed E-state index contributed by atoms with van der Waals surface area (Å²) >= 11 is 1.40. The minimum absolute atomic E-state index is 0.258. The van der Waals surface area contributed by atoms with Crippen molar-refractivity contribution >= 4 is 28.6 Å². The van der Waals surface area contributed by atoms with Crippen LogP contribution in [0.4, 0.5) is 0 Å². The van der Waals surface area contributed by atoms with Crippen LogP contribution >= 0.6 is 11.8 Å². The molecule has 4 nitrogen and oxygen atoms in total. The van der Waals surface area contributed by atoms with E-state index in [1.165, 1.54) is 18.9 Å². The zero-order chi connectivity index (χ0) is 13.7. The number of thioether (sulfide) groups is 1. The number of carbonyl (C=O) groups excluding carboxylic acids is 1. The first-order valence-electron chi connectivity index (χ1n) is 5.74. The Balaban J connectivity index is 2.22. The quantitative estimate of drug-likeness (QED) is 0.632. The maximum absolute atomic E-state index is 11.0. The summed E-state index contributed by atoms with van der Waals surface area (Å²) in [5.74, 6) is 0.291. The van der Waals surface area contributed by atoms with Crippen LogP contribution in [0.15, 0.2) is 35.4 Å². The molecule has 0 radical (unpaired) electrons. The van der Waals surface area contributed by atoms with E-state index in [4.69, 9.17) is 5.26 Å². The highest BCUT2D eigenvalue weighted by atomic mass is 32.2. The molecule has 0 amide bonds. The van der Waals surface area contributed by atoms with Crippen LogP contribution in [0.5, 0.6) is 0 Å². The van der Waals surface area contributed by atoms with E-state index in [1.807, 2.05) is 30.3 Å². The monoisotopic (exact) mass is 272 g/mol. The van der Waals surface area contributed by atoms with Crippen LogP contribution in [0.25, 0.3) is 10.9 Å². The summed E-state index contributed by atoms with van der Waals surface area (Å²) in [6, 6.07) is 11.6. The van der Waals surface area contributed by atoms with Crippen LogP contribution in [-0.2, 0) is 9.53 Å². The van der Waals surface area contributed by atoms with Gasteiger partial charge in [-0.15, -0.1) is 11.8 Å². The number of esters is 1. The fourth-order valence-electron chi connectivity index (χ4n) is 1.62. The zero-order valence-corrected chi connectivity index (χ0v) is 11.2. The van der Waals surface area contributed by atoms with Gasteiger partial charge in [0.15, 0.2) is 0 Å². The summed E-state index contributed by atoms with van der Waals surface area (Å²) in [5, 5.41) is 10.7. The molecule has 0 fully saturated rings. The standard InChI is InChI=1S/C14H12N2O2S/c1-18-13(17)6-7-19-14-11(9-15)8-10-4-2-3-5-12(10)16-14/h2-5,8H,6-7H2,1H3. The van der Waals surface area contributed by atoms with Gasteiger partial charge in [-0.05, 0) is 12.1 Å². The molecule has 0 unspecified atom stereocenters. The summed E-state index contributed by atoms with van der Waals surface area (Å²) in [4.78, 5) is 15.5. The summed E-state index contributed by atoms with van der Waals surface area (Å²) in [5.41, 5.74) is 1.38. The number of pyridine rings is 1. The molecule has 1 heterocycles. The summed E-state index contributed by atoms with van der Waals surface area (Å²) in [6.45, 7) is 0. The van der Waals surface area contributed by atoms with Crippen molar-refractivity contribution in [3.63, 3.8) is 0 Å². The number of hydrogen-bond donors (Lipinski definition) is 0.